The SMILES string of the molecule is C=C(C#N)CC(C)n1nc2n(c1=O)C(c1ccc(F)cc1F)CC2. The maximum absolute atomic E-state index is 14.1. The molecule has 0 fully saturated rings. The van der Waals surface area contributed by atoms with Crippen LogP contribution in [0.2, 0.25) is 0 Å². The molecule has 1 aliphatic rings. The quantitative estimate of drug-likeness (QED) is 0.810. The summed E-state index contributed by atoms with van der Waals surface area (Å²) < 4.78 is 30.0. The molecule has 1 aliphatic heterocycles. The van der Waals surface area contributed by atoms with Crippen molar-refractivity contribution in [1.29, 1.82) is 5.26 Å². The van der Waals surface area contributed by atoms with E-state index in [2.05, 4.69) is 11.7 Å². The second-order valence-corrected chi connectivity index (χ2v) is 6.00. The van der Waals surface area contributed by atoms with E-state index in [9.17, 15) is 13.6 Å². The van der Waals surface area contributed by atoms with Crippen LogP contribution in [0.1, 0.15) is 43.2 Å². The van der Waals surface area contributed by atoms with Crippen LogP contribution in [0.4, 0.5) is 8.78 Å². The van der Waals surface area contributed by atoms with Gasteiger partial charge in [-0.05, 0) is 19.4 Å². The third kappa shape index (κ3) is 2.64. The molecule has 0 bridgehead atoms. The predicted molar refractivity (Wildman–Crippen MR) is 83.4 cm³/mol. The molecule has 2 aromatic rings. The fraction of sp³-hybridized carbons (Fsp3) is 0.353. The number of nitrogens with zero attached hydrogens (tertiary/aromatic N) is 4. The molecule has 0 saturated heterocycles. The molecular formula is C17H16F2N4O. The highest BCUT2D eigenvalue weighted by Gasteiger charge is 2.31. The van der Waals surface area contributed by atoms with Gasteiger partial charge in [-0.15, -0.1) is 0 Å². The fourth-order valence-electron chi connectivity index (χ4n) is 3.16. The molecule has 2 unspecified atom stereocenters. The van der Waals surface area contributed by atoms with Gasteiger partial charge in [-0.25, -0.2) is 18.3 Å². The molecular weight excluding hydrogens is 314 g/mol. The summed E-state index contributed by atoms with van der Waals surface area (Å²) in [6.07, 6.45) is 1.40. The molecule has 5 nitrogen and oxygen atoms in total. The molecule has 1 aromatic carbocycles. The first-order chi connectivity index (χ1) is 11.4. The summed E-state index contributed by atoms with van der Waals surface area (Å²) in [5.41, 5.74) is 0.295. The minimum absolute atomic E-state index is 0.283. The summed E-state index contributed by atoms with van der Waals surface area (Å²) in [5, 5.41) is 13.1. The fourth-order valence-corrected chi connectivity index (χ4v) is 3.16. The summed E-state index contributed by atoms with van der Waals surface area (Å²) in [4.78, 5) is 12.7. The highest BCUT2D eigenvalue weighted by Crippen LogP contribution is 2.31. The normalized spacial score (nSPS) is 17.3. The topological polar surface area (TPSA) is 63.6 Å². The molecule has 1 aromatic heterocycles. The molecule has 0 saturated carbocycles. The van der Waals surface area contributed by atoms with Crippen LogP contribution in [0.15, 0.2) is 35.1 Å². The van der Waals surface area contributed by atoms with Gasteiger partial charge in [0.05, 0.1) is 18.2 Å². The van der Waals surface area contributed by atoms with Crippen LogP contribution in [-0.2, 0) is 6.42 Å². The summed E-state index contributed by atoms with van der Waals surface area (Å²) in [6, 6.07) is 4.52. The van der Waals surface area contributed by atoms with Gasteiger partial charge in [0, 0.05) is 30.0 Å². The first-order valence-corrected chi connectivity index (χ1v) is 7.65. The van der Waals surface area contributed by atoms with Crippen molar-refractivity contribution in [3.8, 4) is 6.07 Å². The van der Waals surface area contributed by atoms with Crippen molar-refractivity contribution in [2.75, 3.05) is 0 Å². The van der Waals surface area contributed by atoms with E-state index < -0.39 is 17.7 Å². The second kappa shape index (κ2) is 6.04. The number of benzene rings is 1. The van der Waals surface area contributed by atoms with Crippen molar-refractivity contribution < 1.29 is 8.78 Å². The van der Waals surface area contributed by atoms with Crippen molar-refractivity contribution >= 4 is 0 Å². The lowest BCUT2D eigenvalue weighted by Crippen LogP contribution is -2.29. The van der Waals surface area contributed by atoms with Gasteiger partial charge in [-0.2, -0.15) is 10.4 Å². The molecule has 3 rings (SSSR count). The molecule has 0 N–H and O–H groups in total. The number of halogens is 2. The van der Waals surface area contributed by atoms with Crippen LogP contribution in [0.5, 0.6) is 0 Å². The number of aromatic nitrogens is 3. The highest BCUT2D eigenvalue weighted by atomic mass is 19.1. The average molecular weight is 330 g/mol. The Morgan fingerprint density at radius 3 is 2.96 bits per heavy atom. The third-order valence-electron chi connectivity index (χ3n) is 4.30. The molecule has 124 valence electrons. The van der Waals surface area contributed by atoms with Crippen LogP contribution in [0.3, 0.4) is 0 Å². The largest absolute Gasteiger partial charge is 0.346 e. The number of fused-ring (bicyclic) bond motifs is 1. The Morgan fingerprint density at radius 2 is 2.29 bits per heavy atom. The third-order valence-corrected chi connectivity index (χ3v) is 4.30. The van der Waals surface area contributed by atoms with Crippen molar-refractivity contribution in [3.63, 3.8) is 0 Å². The summed E-state index contributed by atoms with van der Waals surface area (Å²) >= 11 is 0. The van der Waals surface area contributed by atoms with Crippen molar-refractivity contribution in [2.45, 2.75) is 38.3 Å². The number of allylic oxidation sites excluding steroid dienone is 1. The van der Waals surface area contributed by atoms with Gasteiger partial charge in [0.25, 0.3) is 0 Å². The lowest BCUT2D eigenvalue weighted by molar-refractivity contribution is 0.450. The Balaban J connectivity index is 1.99. The number of hydrogen-bond donors (Lipinski definition) is 0. The molecule has 2 heterocycles. The van der Waals surface area contributed by atoms with E-state index in [4.69, 9.17) is 5.26 Å². The zero-order chi connectivity index (χ0) is 17.4. The lowest BCUT2D eigenvalue weighted by atomic mass is 10.0. The number of aryl methyl sites for hydroxylation is 1. The van der Waals surface area contributed by atoms with Gasteiger partial charge >= 0.3 is 5.69 Å². The smallest absolute Gasteiger partial charge is 0.271 e. The van der Waals surface area contributed by atoms with E-state index in [1.165, 1.54) is 21.4 Å². The van der Waals surface area contributed by atoms with Crippen LogP contribution in [0.25, 0.3) is 0 Å². The van der Waals surface area contributed by atoms with Gasteiger partial charge in [-0.3, -0.25) is 4.57 Å². The van der Waals surface area contributed by atoms with Gasteiger partial charge in [-0.1, -0.05) is 12.6 Å². The molecule has 24 heavy (non-hydrogen) atoms. The minimum atomic E-state index is -0.668. The van der Waals surface area contributed by atoms with Crippen molar-refractivity contribution in [1.82, 2.24) is 14.3 Å². The molecule has 0 aliphatic carbocycles. The number of hydrogen-bond acceptors (Lipinski definition) is 3. The monoisotopic (exact) mass is 330 g/mol. The second-order valence-electron chi connectivity index (χ2n) is 6.00. The van der Waals surface area contributed by atoms with Crippen LogP contribution in [0, 0.1) is 23.0 Å². The van der Waals surface area contributed by atoms with Gasteiger partial charge in [0.15, 0.2) is 0 Å². The highest BCUT2D eigenvalue weighted by molar-refractivity contribution is 5.25. The maximum Gasteiger partial charge on any atom is 0.346 e. The Bertz CT molecular complexity index is 906. The van der Waals surface area contributed by atoms with E-state index in [-0.39, 0.29) is 17.3 Å². The molecule has 7 heteroatoms. The Kier molecular flexibility index (Phi) is 4.06. The van der Waals surface area contributed by atoms with E-state index in [0.717, 1.165) is 6.07 Å². The molecule has 0 spiro atoms. The van der Waals surface area contributed by atoms with Gasteiger partial charge < -0.3 is 0 Å². The maximum atomic E-state index is 14.1. The summed E-state index contributed by atoms with van der Waals surface area (Å²) in [6.45, 7) is 5.40. The van der Waals surface area contributed by atoms with Crippen LogP contribution < -0.4 is 5.69 Å². The van der Waals surface area contributed by atoms with E-state index >= 15 is 0 Å². The van der Waals surface area contributed by atoms with Crippen LogP contribution >= 0.6 is 0 Å². The number of nitriles is 1. The Hall–Kier alpha value is -2.75. The van der Waals surface area contributed by atoms with Crippen molar-refractivity contribution in [3.05, 3.63) is 63.9 Å². The standard InChI is InChI=1S/C17H16F2N4O/c1-10(9-20)7-11(2)23-17(24)22-15(5-6-16(22)21-23)13-4-3-12(18)8-14(13)19/h3-4,8,11,15H,1,5-7H2,2H3. The minimum Gasteiger partial charge on any atom is -0.271 e. The lowest BCUT2D eigenvalue weighted by Gasteiger charge is -2.14. The van der Waals surface area contributed by atoms with E-state index in [0.29, 0.717) is 30.7 Å². The summed E-state index contributed by atoms with van der Waals surface area (Å²) in [7, 11) is 0. The zero-order valence-electron chi connectivity index (χ0n) is 13.2. The van der Waals surface area contributed by atoms with Gasteiger partial charge in [0.2, 0.25) is 0 Å². The molecule has 0 radical (unpaired) electrons. The van der Waals surface area contributed by atoms with E-state index in [1.807, 2.05) is 6.07 Å². The predicted octanol–water partition coefficient (Wildman–Crippen LogP) is 2.89. The molecule has 0 amide bonds. The van der Waals surface area contributed by atoms with Gasteiger partial charge in [0.1, 0.15) is 17.5 Å². The van der Waals surface area contributed by atoms with Crippen molar-refractivity contribution in [2.24, 2.45) is 0 Å². The first kappa shape index (κ1) is 16.1. The first-order valence-electron chi connectivity index (χ1n) is 7.65. The summed E-state index contributed by atoms with van der Waals surface area (Å²) in [5.74, 6) is -0.747. The average Bonchev–Trinajstić information content (AvgIpc) is 3.08. The molecule has 2 atom stereocenters. The van der Waals surface area contributed by atoms with Crippen LogP contribution in [-0.4, -0.2) is 14.3 Å². The Morgan fingerprint density at radius 1 is 1.54 bits per heavy atom. The number of rotatable bonds is 4. The Labute approximate surface area is 137 Å². The zero-order valence-corrected chi connectivity index (χ0v) is 13.2. The van der Waals surface area contributed by atoms with E-state index in [1.54, 1.807) is 6.92 Å².